The second kappa shape index (κ2) is 8.08. The van der Waals surface area contributed by atoms with Crippen molar-refractivity contribution in [2.24, 2.45) is 4.99 Å². The maximum atomic E-state index is 10.5. The molecule has 2 N–H and O–H groups in total. The van der Waals surface area contributed by atoms with Crippen molar-refractivity contribution < 1.29 is 9.84 Å². The van der Waals surface area contributed by atoms with Crippen LogP contribution in [0, 0.1) is 0 Å². The van der Waals surface area contributed by atoms with Crippen LogP contribution in [0.3, 0.4) is 0 Å². The number of benzene rings is 3. The van der Waals surface area contributed by atoms with E-state index in [-0.39, 0.29) is 5.88 Å². The van der Waals surface area contributed by atoms with Gasteiger partial charge in [0, 0.05) is 22.4 Å². The van der Waals surface area contributed by atoms with Gasteiger partial charge in [-0.25, -0.2) is 4.99 Å². The van der Waals surface area contributed by atoms with Gasteiger partial charge in [-0.3, -0.25) is 0 Å². The molecule has 6 heteroatoms. The summed E-state index contributed by atoms with van der Waals surface area (Å²) in [6.07, 6.45) is 1.94. The van der Waals surface area contributed by atoms with E-state index in [0.29, 0.717) is 10.0 Å². The predicted octanol–water partition coefficient (Wildman–Crippen LogP) is 6.28. The molecule has 0 spiro atoms. The third kappa shape index (κ3) is 3.81. The van der Waals surface area contributed by atoms with E-state index in [4.69, 9.17) is 9.73 Å². The standard InChI is InChI=1S/C25H19N3O2S/c1-30-18-12-13-21-19(14-18)20(23(27-21)16-8-4-2-5-9-16)15-22-24(29)28-25(31-22)26-17-10-6-3-7-11-17/h2-15,29H,1H3,(H,26,28). The van der Waals surface area contributed by atoms with Crippen molar-refractivity contribution >= 4 is 45.2 Å². The summed E-state index contributed by atoms with van der Waals surface area (Å²) >= 11 is 1.39. The van der Waals surface area contributed by atoms with Crippen molar-refractivity contribution in [2.45, 2.75) is 0 Å². The van der Waals surface area contributed by atoms with E-state index in [0.717, 1.165) is 39.5 Å². The molecule has 0 unspecified atom stereocenters. The second-order valence-corrected chi connectivity index (χ2v) is 8.00. The Kier molecular flexibility index (Phi) is 4.98. The first-order chi connectivity index (χ1) is 15.2. The number of anilines is 2. The van der Waals surface area contributed by atoms with Gasteiger partial charge in [-0.2, -0.15) is 4.98 Å². The number of aliphatic imine (C=N–C) groups is 1. The molecule has 0 radical (unpaired) electrons. The highest BCUT2D eigenvalue weighted by atomic mass is 32.1. The lowest BCUT2D eigenvalue weighted by Gasteiger charge is -2.07. The molecule has 152 valence electrons. The molecule has 5 nitrogen and oxygen atoms in total. The molecular formula is C25H19N3O2S. The lowest BCUT2D eigenvalue weighted by Crippen LogP contribution is -1.99. The van der Waals surface area contributed by atoms with Gasteiger partial charge in [0.2, 0.25) is 5.88 Å². The fourth-order valence-electron chi connectivity index (χ4n) is 3.47. The number of aromatic nitrogens is 1. The SMILES string of the molecule is COc1ccc2c(c1)C(=Cc1sc(Nc3ccccc3)nc1O)C(c1ccccc1)=N2. The van der Waals surface area contributed by atoms with Crippen molar-refractivity contribution in [3.05, 3.63) is 94.9 Å². The average molecular weight is 426 g/mol. The highest BCUT2D eigenvalue weighted by Gasteiger charge is 2.24. The summed E-state index contributed by atoms with van der Waals surface area (Å²) < 4.78 is 5.43. The number of ether oxygens (including phenoxy) is 1. The van der Waals surface area contributed by atoms with E-state index >= 15 is 0 Å². The van der Waals surface area contributed by atoms with Crippen molar-refractivity contribution in [1.29, 1.82) is 0 Å². The second-order valence-electron chi connectivity index (χ2n) is 6.97. The molecular weight excluding hydrogens is 406 g/mol. The number of nitrogens with zero attached hydrogens (tertiary/aromatic N) is 2. The van der Waals surface area contributed by atoms with E-state index in [1.165, 1.54) is 11.3 Å². The third-order valence-corrected chi connectivity index (χ3v) is 5.87. The monoisotopic (exact) mass is 425 g/mol. The number of thiazole rings is 1. The van der Waals surface area contributed by atoms with Gasteiger partial charge in [-0.1, -0.05) is 59.9 Å². The van der Waals surface area contributed by atoms with Crippen LogP contribution in [0.1, 0.15) is 16.0 Å². The summed E-state index contributed by atoms with van der Waals surface area (Å²) in [6.45, 7) is 0. The summed E-state index contributed by atoms with van der Waals surface area (Å²) in [7, 11) is 1.65. The molecule has 0 aliphatic carbocycles. The molecule has 31 heavy (non-hydrogen) atoms. The predicted molar refractivity (Wildman–Crippen MR) is 127 cm³/mol. The number of para-hydroxylation sites is 1. The maximum Gasteiger partial charge on any atom is 0.231 e. The first-order valence-electron chi connectivity index (χ1n) is 9.78. The smallest absolute Gasteiger partial charge is 0.231 e. The number of nitrogens with one attached hydrogen (secondary N) is 1. The molecule has 0 atom stereocenters. The average Bonchev–Trinajstić information content (AvgIpc) is 3.34. The van der Waals surface area contributed by atoms with Crippen LogP contribution in [0.5, 0.6) is 11.6 Å². The van der Waals surface area contributed by atoms with Gasteiger partial charge in [0.05, 0.1) is 23.4 Å². The van der Waals surface area contributed by atoms with Crippen LogP contribution in [0.25, 0.3) is 11.6 Å². The molecule has 0 fully saturated rings. The summed E-state index contributed by atoms with van der Waals surface area (Å²) in [6, 6.07) is 25.6. The first-order valence-corrected chi connectivity index (χ1v) is 10.6. The minimum Gasteiger partial charge on any atom is -0.497 e. The number of fused-ring (bicyclic) bond motifs is 1. The maximum absolute atomic E-state index is 10.5. The highest BCUT2D eigenvalue weighted by Crippen LogP contribution is 2.42. The molecule has 2 heterocycles. The molecule has 0 amide bonds. The Bertz CT molecular complexity index is 1300. The first kappa shape index (κ1) is 19.1. The topological polar surface area (TPSA) is 66.7 Å². The number of rotatable bonds is 5. The Morgan fingerprint density at radius 2 is 1.71 bits per heavy atom. The molecule has 1 aliphatic rings. The van der Waals surface area contributed by atoms with E-state index in [2.05, 4.69) is 10.3 Å². The number of hydrogen-bond acceptors (Lipinski definition) is 6. The van der Waals surface area contributed by atoms with Crippen LogP contribution in [0.15, 0.2) is 83.9 Å². The minimum absolute atomic E-state index is 0.0142. The quantitative estimate of drug-likeness (QED) is 0.395. The molecule has 0 bridgehead atoms. The van der Waals surface area contributed by atoms with E-state index in [1.54, 1.807) is 7.11 Å². The van der Waals surface area contributed by atoms with Crippen LogP contribution in [0.2, 0.25) is 0 Å². The number of allylic oxidation sites excluding steroid dienone is 1. The zero-order chi connectivity index (χ0) is 21.2. The van der Waals surface area contributed by atoms with Gasteiger partial charge in [0.25, 0.3) is 0 Å². The van der Waals surface area contributed by atoms with Crippen molar-refractivity contribution in [3.63, 3.8) is 0 Å². The van der Waals surface area contributed by atoms with Crippen LogP contribution in [-0.4, -0.2) is 22.9 Å². The minimum atomic E-state index is -0.0142. The van der Waals surface area contributed by atoms with Crippen LogP contribution < -0.4 is 10.1 Å². The van der Waals surface area contributed by atoms with Gasteiger partial charge in [-0.15, -0.1) is 0 Å². The summed E-state index contributed by atoms with van der Waals surface area (Å²) in [5.41, 5.74) is 5.54. The molecule has 0 saturated carbocycles. The van der Waals surface area contributed by atoms with Gasteiger partial charge in [0.15, 0.2) is 5.13 Å². The largest absolute Gasteiger partial charge is 0.497 e. The Balaban J connectivity index is 1.58. The van der Waals surface area contributed by atoms with Crippen LogP contribution in [0.4, 0.5) is 16.5 Å². The Labute approximate surface area is 184 Å². The molecule has 0 saturated heterocycles. The Hall–Kier alpha value is -3.90. The molecule has 1 aliphatic heterocycles. The highest BCUT2D eigenvalue weighted by molar-refractivity contribution is 7.16. The Morgan fingerprint density at radius 3 is 2.45 bits per heavy atom. The fraction of sp³-hybridized carbons (Fsp3) is 0.0400. The summed E-state index contributed by atoms with van der Waals surface area (Å²) in [5.74, 6) is 0.744. The van der Waals surface area contributed by atoms with Gasteiger partial charge < -0.3 is 15.2 Å². The van der Waals surface area contributed by atoms with Gasteiger partial charge >= 0.3 is 0 Å². The zero-order valence-corrected chi connectivity index (χ0v) is 17.6. The molecule has 5 rings (SSSR count). The van der Waals surface area contributed by atoms with Gasteiger partial charge in [-0.05, 0) is 36.4 Å². The number of hydrogen-bond donors (Lipinski definition) is 2. The molecule has 4 aromatic rings. The van der Waals surface area contributed by atoms with E-state index < -0.39 is 0 Å². The number of aromatic hydroxyl groups is 1. The van der Waals surface area contributed by atoms with E-state index in [1.807, 2.05) is 84.9 Å². The lowest BCUT2D eigenvalue weighted by atomic mass is 9.97. The summed E-state index contributed by atoms with van der Waals surface area (Å²) in [5, 5.41) is 14.4. The van der Waals surface area contributed by atoms with Crippen LogP contribution >= 0.6 is 11.3 Å². The van der Waals surface area contributed by atoms with Crippen molar-refractivity contribution in [1.82, 2.24) is 4.98 Å². The Morgan fingerprint density at radius 1 is 0.968 bits per heavy atom. The number of methoxy groups -OCH3 is 1. The molecule has 3 aromatic carbocycles. The fourth-order valence-corrected chi connectivity index (χ4v) is 4.30. The summed E-state index contributed by atoms with van der Waals surface area (Å²) in [4.78, 5) is 9.81. The van der Waals surface area contributed by atoms with Crippen molar-refractivity contribution in [3.8, 4) is 11.6 Å². The lowest BCUT2D eigenvalue weighted by molar-refractivity contribution is 0.415. The third-order valence-electron chi connectivity index (χ3n) is 4.96. The molecule has 1 aromatic heterocycles. The van der Waals surface area contributed by atoms with Crippen LogP contribution in [-0.2, 0) is 0 Å². The van der Waals surface area contributed by atoms with Crippen molar-refractivity contribution in [2.75, 3.05) is 12.4 Å². The normalized spacial score (nSPS) is 13.7. The zero-order valence-electron chi connectivity index (χ0n) is 16.7. The van der Waals surface area contributed by atoms with E-state index in [9.17, 15) is 5.11 Å². The van der Waals surface area contributed by atoms with Gasteiger partial charge in [0.1, 0.15) is 5.75 Å².